The van der Waals surface area contributed by atoms with Crippen molar-refractivity contribution in [3.63, 3.8) is 0 Å². The summed E-state index contributed by atoms with van der Waals surface area (Å²) in [5, 5.41) is 12.2. The number of ether oxygens (including phenoxy) is 1. The van der Waals surface area contributed by atoms with E-state index in [1.54, 1.807) is 6.92 Å². The summed E-state index contributed by atoms with van der Waals surface area (Å²) in [5.41, 5.74) is 0. The molecule has 0 amide bonds. The molecule has 4 heteroatoms. The van der Waals surface area contributed by atoms with Crippen LogP contribution in [0.5, 0.6) is 0 Å². The van der Waals surface area contributed by atoms with Crippen LogP contribution in [-0.2, 0) is 9.53 Å². The number of esters is 1. The van der Waals surface area contributed by atoms with E-state index in [1.165, 1.54) is 7.11 Å². The molecule has 0 aromatic heterocycles. The zero-order valence-electron chi connectivity index (χ0n) is 9.25. The van der Waals surface area contributed by atoms with Crippen molar-refractivity contribution >= 4 is 5.97 Å². The molecule has 0 spiro atoms. The Morgan fingerprint density at radius 2 is 2.14 bits per heavy atom. The second kappa shape index (κ2) is 7.76. The number of nitrogens with one attached hydrogen (secondary N) is 1. The van der Waals surface area contributed by atoms with Crippen LogP contribution in [0.2, 0.25) is 0 Å². The molecule has 0 saturated carbocycles. The zero-order valence-corrected chi connectivity index (χ0v) is 9.25. The fourth-order valence-electron chi connectivity index (χ4n) is 1.15. The van der Waals surface area contributed by atoms with E-state index in [1.807, 2.05) is 6.92 Å². The van der Waals surface area contributed by atoms with E-state index >= 15 is 0 Å². The van der Waals surface area contributed by atoms with E-state index < -0.39 is 0 Å². The van der Waals surface area contributed by atoms with Gasteiger partial charge in [0.05, 0.1) is 19.6 Å². The molecule has 0 saturated heterocycles. The van der Waals surface area contributed by atoms with Gasteiger partial charge in [0.25, 0.3) is 0 Å². The Balaban J connectivity index is 3.35. The maximum absolute atomic E-state index is 10.9. The van der Waals surface area contributed by atoms with Gasteiger partial charge in [0.1, 0.15) is 0 Å². The summed E-state index contributed by atoms with van der Waals surface area (Å²) in [6, 6.07) is 0.136. The Morgan fingerprint density at radius 3 is 2.64 bits per heavy atom. The van der Waals surface area contributed by atoms with E-state index in [2.05, 4.69) is 10.1 Å². The van der Waals surface area contributed by atoms with Gasteiger partial charge in [-0.2, -0.15) is 0 Å². The summed E-state index contributed by atoms with van der Waals surface area (Å²) >= 11 is 0. The van der Waals surface area contributed by atoms with Gasteiger partial charge in [-0.25, -0.2) is 0 Å². The molecule has 14 heavy (non-hydrogen) atoms. The van der Waals surface area contributed by atoms with Crippen molar-refractivity contribution in [2.45, 2.75) is 45.3 Å². The Bertz CT molecular complexity index is 159. The first-order valence-corrected chi connectivity index (χ1v) is 5.04. The van der Waals surface area contributed by atoms with Crippen LogP contribution in [0.15, 0.2) is 0 Å². The fourth-order valence-corrected chi connectivity index (χ4v) is 1.15. The first-order valence-electron chi connectivity index (χ1n) is 5.04. The Hall–Kier alpha value is -0.610. The van der Waals surface area contributed by atoms with Crippen LogP contribution in [0.3, 0.4) is 0 Å². The number of rotatable bonds is 7. The van der Waals surface area contributed by atoms with Crippen LogP contribution in [0.1, 0.15) is 33.1 Å². The van der Waals surface area contributed by atoms with Gasteiger partial charge >= 0.3 is 5.97 Å². The molecule has 0 aliphatic carbocycles. The van der Waals surface area contributed by atoms with Gasteiger partial charge in [0.2, 0.25) is 0 Å². The number of carbonyl (C=O) groups excluding carboxylic acids is 1. The first-order chi connectivity index (χ1) is 6.56. The number of aliphatic hydroxyl groups excluding tert-OH is 1. The lowest BCUT2D eigenvalue weighted by Crippen LogP contribution is -2.30. The van der Waals surface area contributed by atoms with Crippen molar-refractivity contribution in [1.82, 2.24) is 5.32 Å². The average molecular weight is 203 g/mol. The molecule has 0 aromatic rings. The van der Waals surface area contributed by atoms with Gasteiger partial charge in [-0.15, -0.1) is 0 Å². The Kier molecular flexibility index (Phi) is 7.42. The third-order valence-corrected chi connectivity index (χ3v) is 1.99. The normalized spacial score (nSPS) is 14.9. The summed E-state index contributed by atoms with van der Waals surface area (Å²) < 4.78 is 4.55. The van der Waals surface area contributed by atoms with E-state index in [9.17, 15) is 4.79 Å². The van der Waals surface area contributed by atoms with Crippen LogP contribution in [-0.4, -0.2) is 36.9 Å². The van der Waals surface area contributed by atoms with E-state index in [0.29, 0.717) is 6.42 Å². The maximum Gasteiger partial charge on any atom is 0.307 e. The highest BCUT2D eigenvalue weighted by atomic mass is 16.5. The van der Waals surface area contributed by atoms with Crippen LogP contribution in [0, 0.1) is 0 Å². The number of carbonyl (C=O) groups is 1. The highest BCUT2D eigenvalue weighted by Gasteiger charge is 2.07. The predicted molar refractivity (Wildman–Crippen MR) is 55.0 cm³/mol. The van der Waals surface area contributed by atoms with Crippen molar-refractivity contribution in [3.05, 3.63) is 0 Å². The summed E-state index contributed by atoms with van der Waals surface area (Å²) in [4.78, 5) is 10.9. The molecule has 0 aromatic carbocycles. The molecule has 0 aliphatic rings. The van der Waals surface area contributed by atoms with Crippen molar-refractivity contribution < 1.29 is 14.6 Å². The second-order valence-electron chi connectivity index (χ2n) is 3.63. The van der Waals surface area contributed by atoms with E-state index in [0.717, 1.165) is 19.4 Å². The molecule has 2 unspecified atom stereocenters. The Morgan fingerprint density at radius 1 is 1.50 bits per heavy atom. The van der Waals surface area contributed by atoms with Gasteiger partial charge < -0.3 is 15.2 Å². The summed E-state index contributed by atoms with van der Waals surface area (Å²) in [7, 11) is 1.39. The highest BCUT2D eigenvalue weighted by Crippen LogP contribution is 1.96. The minimum atomic E-state index is -0.243. The quantitative estimate of drug-likeness (QED) is 0.472. The van der Waals surface area contributed by atoms with Crippen molar-refractivity contribution in [2.75, 3.05) is 13.7 Å². The van der Waals surface area contributed by atoms with Crippen LogP contribution >= 0.6 is 0 Å². The standard InChI is InChI=1S/C10H21NO3/c1-8(7-10(13)14-3)11-6-4-5-9(2)12/h8-9,11-12H,4-7H2,1-3H3. The van der Waals surface area contributed by atoms with Gasteiger partial charge in [-0.3, -0.25) is 4.79 Å². The molecule has 0 rings (SSSR count). The summed E-state index contributed by atoms with van der Waals surface area (Å²) in [6.45, 7) is 4.54. The van der Waals surface area contributed by atoms with Gasteiger partial charge in [0.15, 0.2) is 0 Å². The van der Waals surface area contributed by atoms with Crippen molar-refractivity contribution in [3.8, 4) is 0 Å². The van der Waals surface area contributed by atoms with Crippen molar-refractivity contribution in [1.29, 1.82) is 0 Å². The third kappa shape index (κ3) is 8.01. The molecule has 4 nitrogen and oxygen atoms in total. The number of hydrogen-bond acceptors (Lipinski definition) is 4. The predicted octanol–water partition coefficient (Wildman–Crippen LogP) is 0.689. The molecular weight excluding hydrogens is 182 g/mol. The van der Waals surface area contributed by atoms with Crippen LogP contribution in [0.25, 0.3) is 0 Å². The summed E-state index contributed by atoms with van der Waals surface area (Å²) in [6.07, 6.45) is 1.86. The highest BCUT2D eigenvalue weighted by molar-refractivity contribution is 5.69. The fraction of sp³-hybridized carbons (Fsp3) is 0.900. The topological polar surface area (TPSA) is 58.6 Å². The lowest BCUT2D eigenvalue weighted by molar-refractivity contribution is -0.141. The molecule has 0 radical (unpaired) electrons. The number of methoxy groups -OCH3 is 1. The molecule has 2 N–H and O–H groups in total. The molecule has 2 atom stereocenters. The zero-order chi connectivity index (χ0) is 11.0. The molecule has 0 bridgehead atoms. The SMILES string of the molecule is COC(=O)CC(C)NCCCC(C)O. The maximum atomic E-state index is 10.9. The lowest BCUT2D eigenvalue weighted by atomic mass is 10.2. The monoisotopic (exact) mass is 203 g/mol. The molecule has 84 valence electrons. The smallest absolute Gasteiger partial charge is 0.307 e. The minimum Gasteiger partial charge on any atom is -0.469 e. The number of aliphatic hydroxyl groups is 1. The average Bonchev–Trinajstić information content (AvgIpc) is 2.12. The first kappa shape index (κ1) is 13.4. The Labute approximate surface area is 85.6 Å². The van der Waals surface area contributed by atoms with Gasteiger partial charge in [-0.1, -0.05) is 0 Å². The molecule has 0 aliphatic heterocycles. The van der Waals surface area contributed by atoms with E-state index in [-0.39, 0.29) is 18.1 Å². The molecular formula is C10H21NO3. The second-order valence-corrected chi connectivity index (χ2v) is 3.63. The minimum absolute atomic E-state index is 0.136. The largest absolute Gasteiger partial charge is 0.469 e. The van der Waals surface area contributed by atoms with Crippen LogP contribution < -0.4 is 5.32 Å². The lowest BCUT2D eigenvalue weighted by Gasteiger charge is -2.12. The van der Waals surface area contributed by atoms with Crippen LogP contribution in [0.4, 0.5) is 0 Å². The molecule has 0 heterocycles. The third-order valence-electron chi connectivity index (χ3n) is 1.99. The van der Waals surface area contributed by atoms with Gasteiger partial charge in [0, 0.05) is 6.04 Å². The summed E-state index contributed by atoms with van der Waals surface area (Å²) in [5.74, 6) is -0.194. The molecule has 0 fully saturated rings. The van der Waals surface area contributed by atoms with E-state index in [4.69, 9.17) is 5.11 Å². The number of hydrogen-bond donors (Lipinski definition) is 2. The van der Waals surface area contributed by atoms with Gasteiger partial charge in [-0.05, 0) is 33.2 Å². The van der Waals surface area contributed by atoms with Crippen molar-refractivity contribution in [2.24, 2.45) is 0 Å².